The van der Waals surface area contributed by atoms with Gasteiger partial charge in [0.2, 0.25) is 0 Å². The monoisotopic (exact) mass is 333 g/mol. The van der Waals surface area contributed by atoms with E-state index in [-0.39, 0.29) is 20.6 Å². The first-order valence-electron chi connectivity index (χ1n) is 5.54. The van der Waals surface area contributed by atoms with E-state index in [4.69, 9.17) is 23.2 Å². The maximum absolute atomic E-state index is 13.3. The minimum Gasteiger partial charge on any atom is -0.280 e. The van der Waals surface area contributed by atoms with Gasteiger partial charge in [-0.2, -0.15) is 0 Å². The highest BCUT2D eigenvalue weighted by atomic mass is 35.5. The van der Waals surface area contributed by atoms with Crippen molar-refractivity contribution in [3.63, 3.8) is 0 Å². The van der Waals surface area contributed by atoms with Gasteiger partial charge in [0.05, 0.1) is 20.6 Å². The topological polar surface area (TPSA) is 46.2 Å². The molecule has 0 saturated carbocycles. The highest BCUT2D eigenvalue weighted by Crippen LogP contribution is 2.29. The zero-order chi connectivity index (χ0) is 14.9. The van der Waals surface area contributed by atoms with E-state index in [1.54, 1.807) is 25.1 Å². The van der Waals surface area contributed by atoms with Gasteiger partial charge in [0.15, 0.2) is 5.82 Å². The van der Waals surface area contributed by atoms with Crippen LogP contribution < -0.4 is 4.72 Å². The molecule has 3 nitrogen and oxygen atoms in total. The van der Waals surface area contributed by atoms with Crippen LogP contribution in [0.25, 0.3) is 0 Å². The predicted molar refractivity (Wildman–Crippen MR) is 78.4 cm³/mol. The molecule has 0 fully saturated rings. The SMILES string of the molecule is Cc1ccccc1S(=O)(=O)Nc1cc(Cl)c(F)c(Cl)c1. The van der Waals surface area contributed by atoms with Crippen molar-refractivity contribution in [2.24, 2.45) is 0 Å². The fourth-order valence-electron chi connectivity index (χ4n) is 1.68. The number of sulfonamides is 1. The lowest BCUT2D eigenvalue weighted by molar-refractivity contribution is 0.600. The average Bonchev–Trinajstić information content (AvgIpc) is 2.35. The van der Waals surface area contributed by atoms with Gasteiger partial charge in [-0.3, -0.25) is 4.72 Å². The Balaban J connectivity index is 2.42. The van der Waals surface area contributed by atoms with E-state index < -0.39 is 15.8 Å². The lowest BCUT2D eigenvalue weighted by Gasteiger charge is -2.11. The predicted octanol–water partition coefficient (Wildman–Crippen LogP) is 4.24. The fourth-order valence-corrected chi connectivity index (χ4v) is 3.46. The van der Waals surface area contributed by atoms with Crippen molar-refractivity contribution < 1.29 is 12.8 Å². The molecule has 2 rings (SSSR count). The molecule has 0 amide bonds. The molecule has 7 heteroatoms. The molecular formula is C13H10Cl2FNO2S. The number of rotatable bonds is 3. The molecule has 0 bridgehead atoms. The molecule has 0 aliphatic carbocycles. The molecule has 2 aromatic rings. The third-order valence-corrected chi connectivity index (χ3v) is 4.71. The molecule has 0 unspecified atom stereocenters. The largest absolute Gasteiger partial charge is 0.280 e. The Bertz CT molecular complexity index is 740. The molecule has 0 atom stereocenters. The first-order chi connectivity index (χ1) is 9.31. The van der Waals surface area contributed by atoms with Gasteiger partial charge < -0.3 is 0 Å². The zero-order valence-electron chi connectivity index (χ0n) is 10.3. The molecule has 0 aromatic heterocycles. The molecule has 0 radical (unpaired) electrons. The summed E-state index contributed by atoms with van der Waals surface area (Å²) in [4.78, 5) is 0.136. The quantitative estimate of drug-likeness (QED) is 0.854. The van der Waals surface area contributed by atoms with Crippen molar-refractivity contribution in [1.82, 2.24) is 0 Å². The Labute approximate surface area is 126 Å². The molecule has 2 aromatic carbocycles. The van der Waals surface area contributed by atoms with Crippen molar-refractivity contribution in [2.45, 2.75) is 11.8 Å². The van der Waals surface area contributed by atoms with Crippen LogP contribution in [-0.2, 0) is 10.0 Å². The maximum Gasteiger partial charge on any atom is 0.262 e. The normalized spacial score (nSPS) is 11.4. The molecule has 20 heavy (non-hydrogen) atoms. The number of halogens is 3. The van der Waals surface area contributed by atoms with Crippen LogP contribution in [0.3, 0.4) is 0 Å². The highest BCUT2D eigenvalue weighted by molar-refractivity contribution is 7.92. The van der Waals surface area contributed by atoms with Gasteiger partial charge in [0.25, 0.3) is 10.0 Å². The van der Waals surface area contributed by atoms with Crippen LogP contribution >= 0.6 is 23.2 Å². The summed E-state index contributed by atoms with van der Waals surface area (Å²) in [6.45, 7) is 1.68. The van der Waals surface area contributed by atoms with Gasteiger partial charge in [-0.05, 0) is 30.7 Å². The molecule has 0 heterocycles. The molecule has 0 aliphatic rings. The van der Waals surface area contributed by atoms with E-state index in [0.29, 0.717) is 5.56 Å². The van der Waals surface area contributed by atoms with Gasteiger partial charge in [-0.25, -0.2) is 12.8 Å². The van der Waals surface area contributed by atoms with Crippen molar-refractivity contribution >= 4 is 38.9 Å². The standard InChI is InChI=1S/C13H10Cl2FNO2S/c1-8-4-2-3-5-12(8)20(18,19)17-9-6-10(14)13(16)11(15)7-9/h2-7,17H,1H3. The number of anilines is 1. The average molecular weight is 334 g/mol. The summed E-state index contributed by atoms with van der Waals surface area (Å²) in [5.74, 6) is -0.785. The molecule has 0 spiro atoms. The second-order valence-electron chi connectivity index (χ2n) is 4.12. The Morgan fingerprint density at radius 1 is 1.10 bits per heavy atom. The molecule has 106 valence electrons. The Kier molecular flexibility index (Phi) is 4.22. The van der Waals surface area contributed by atoms with Gasteiger partial charge in [-0.1, -0.05) is 41.4 Å². The van der Waals surface area contributed by atoms with Crippen LogP contribution in [0, 0.1) is 12.7 Å². The van der Waals surface area contributed by atoms with Gasteiger partial charge in [0.1, 0.15) is 0 Å². The van der Waals surface area contributed by atoms with E-state index in [9.17, 15) is 12.8 Å². The van der Waals surface area contributed by atoms with Crippen molar-refractivity contribution in [3.8, 4) is 0 Å². The Morgan fingerprint density at radius 3 is 2.20 bits per heavy atom. The van der Waals surface area contributed by atoms with Gasteiger partial charge in [0, 0.05) is 0 Å². The summed E-state index contributed by atoms with van der Waals surface area (Å²) in [6.07, 6.45) is 0. The van der Waals surface area contributed by atoms with Crippen LogP contribution in [0.4, 0.5) is 10.1 Å². The summed E-state index contributed by atoms with van der Waals surface area (Å²) in [6, 6.07) is 8.84. The maximum atomic E-state index is 13.3. The fraction of sp³-hybridized carbons (Fsp3) is 0.0769. The first-order valence-corrected chi connectivity index (χ1v) is 7.78. The Hall–Kier alpha value is -1.30. The van der Waals surface area contributed by atoms with Crippen molar-refractivity contribution in [3.05, 3.63) is 57.8 Å². The van der Waals surface area contributed by atoms with E-state index in [1.165, 1.54) is 18.2 Å². The molecule has 0 saturated heterocycles. The number of aryl methyl sites for hydroxylation is 1. The zero-order valence-corrected chi connectivity index (χ0v) is 12.7. The van der Waals surface area contributed by atoms with Crippen LogP contribution in [-0.4, -0.2) is 8.42 Å². The van der Waals surface area contributed by atoms with Gasteiger partial charge >= 0.3 is 0 Å². The number of benzene rings is 2. The van der Waals surface area contributed by atoms with Crippen LogP contribution in [0.1, 0.15) is 5.56 Å². The van der Waals surface area contributed by atoms with Crippen LogP contribution in [0.15, 0.2) is 41.3 Å². The highest BCUT2D eigenvalue weighted by Gasteiger charge is 2.18. The van der Waals surface area contributed by atoms with Crippen molar-refractivity contribution in [2.75, 3.05) is 4.72 Å². The van der Waals surface area contributed by atoms with E-state index >= 15 is 0 Å². The summed E-state index contributed by atoms with van der Waals surface area (Å²) in [5, 5.41) is -0.500. The van der Waals surface area contributed by atoms with E-state index in [0.717, 1.165) is 0 Å². The molecule has 1 N–H and O–H groups in total. The Morgan fingerprint density at radius 2 is 1.65 bits per heavy atom. The minimum atomic E-state index is -3.78. The lowest BCUT2D eigenvalue weighted by Crippen LogP contribution is -2.14. The number of nitrogens with one attached hydrogen (secondary N) is 1. The summed E-state index contributed by atoms with van der Waals surface area (Å²) in [5.41, 5.74) is 0.698. The smallest absolute Gasteiger partial charge is 0.262 e. The third kappa shape index (κ3) is 3.06. The summed E-state index contributed by atoms with van der Waals surface area (Å²) < 4.78 is 40.1. The van der Waals surface area contributed by atoms with E-state index in [1.807, 2.05) is 0 Å². The van der Waals surface area contributed by atoms with E-state index in [2.05, 4.69) is 4.72 Å². The summed E-state index contributed by atoms with van der Waals surface area (Å²) in [7, 11) is -3.78. The van der Waals surface area contributed by atoms with Crippen LogP contribution in [0.2, 0.25) is 10.0 Å². The second kappa shape index (κ2) is 5.60. The number of hydrogen-bond acceptors (Lipinski definition) is 2. The van der Waals surface area contributed by atoms with Crippen molar-refractivity contribution in [1.29, 1.82) is 0 Å². The first kappa shape index (κ1) is 15.1. The molecular weight excluding hydrogens is 324 g/mol. The lowest BCUT2D eigenvalue weighted by atomic mass is 10.2. The van der Waals surface area contributed by atoms with Crippen LogP contribution in [0.5, 0.6) is 0 Å². The third-order valence-electron chi connectivity index (χ3n) is 2.62. The molecule has 0 aliphatic heterocycles. The summed E-state index contributed by atoms with van der Waals surface area (Å²) >= 11 is 11.3. The van der Waals surface area contributed by atoms with Gasteiger partial charge in [-0.15, -0.1) is 0 Å². The number of hydrogen-bond donors (Lipinski definition) is 1. The second-order valence-corrected chi connectivity index (χ2v) is 6.59. The minimum absolute atomic E-state index is 0.102.